The van der Waals surface area contributed by atoms with E-state index in [1.54, 1.807) is 0 Å². The Balaban J connectivity index is 3.54. The Labute approximate surface area is 128 Å². The molecule has 0 fully saturated rings. The third kappa shape index (κ3) is 9.65. The number of hydrogen-bond acceptors (Lipinski definition) is 7. The molecule has 0 spiro atoms. The molecule has 0 saturated carbocycles. The first-order valence-electron chi connectivity index (χ1n) is 5.02. The fourth-order valence-electron chi connectivity index (χ4n) is 0.772. The van der Waals surface area contributed by atoms with Gasteiger partial charge in [-0.15, -0.1) is 0 Å². The van der Waals surface area contributed by atoms with E-state index in [1.807, 2.05) is 0 Å². The Morgan fingerprint density at radius 2 is 1.39 bits per heavy atom. The first-order valence-corrected chi connectivity index (χ1v) is 6.72. The smallest absolute Gasteiger partial charge is 0.135 e. The van der Waals surface area contributed by atoms with Crippen LogP contribution in [0.15, 0.2) is 0 Å². The van der Waals surface area contributed by atoms with Crippen LogP contribution in [0.25, 0.3) is 0 Å². The second-order valence-electron chi connectivity index (χ2n) is 2.91. The molecule has 0 rings (SSSR count). The number of thiocarbonyl (C=S) groups is 4. The maximum atomic E-state index is 5.26. The summed E-state index contributed by atoms with van der Waals surface area (Å²) in [7, 11) is 0. The van der Waals surface area contributed by atoms with Crippen LogP contribution in [-0.2, 0) is 0 Å². The van der Waals surface area contributed by atoms with Crippen molar-refractivity contribution in [1.82, 2.24) is 26.6 Å². The number of hydrogen-bond donors (Lipinski definition) is 6. The summed E-state index contributed by atoms with van der Waals surface area (Å²) in [5.74, 6) is 0. The highest BCUT2D eigenvalue weighted by Crippen LogP contribution is 1.76. The summed E-state index contributed by atoms with van der Waals surface area (Å²) in [5, 5.41) is 16.0. The first-order chi connectivity index (χ1) is 8.61. The number of nitrogens with one attached hydrogen (secondary N) is 5. The van der Waals surface area contributed by atoms with Gasteiger partial charge in [-0.25, -0.2) is 0 Å². The van der Waals surface area contributed by atoms with Gasteiger partial charge >= 0.3 is 0 Å². The average Bonchev–Trinajstić information content (AvgIpc) is 2.37. The topological polar surface area (TPSA) is 86.2 Å². The highest BCUT2D eigenvalue weighted by Gasteiger charge is 2.01. The standard InChI is InChI=1S/C8H16N6S4/c9-2-10-3-13-7(17)8(18)14-5-11-4-12-6(16)1-15/h1,10-11H,2-5,9H2,(H,12,16)(H,13,17)(H,14,18). The second kappa shape index (κ2) is 11.7. The zero-order valence-electron chi connectivity index (χ0n) is 9.62. The monoisotopic (exact) mass is 324 g/mol. The molecule has 0 aliphatic rings. The minimum absolute atomic E-state index is 0.378. The van der Waals surface area contributed by atoms with Crippen LogP contribution in [0.3, 0.4) is 0 Å². The molecule has 0 atom stereocenters. The molecule has 6 nitrogen and oxygen atoms in total. The molecule has 0 saturated heterocycles. The molecule has 0 aromatic heterocycles. The van der Waals surface area contributed by atoms with E-state index in [4.69, 9.17) is 42.4 Å². The largest absolute Gasteiger partial charge is 0.363 e. The maximum Gasteiger partial charge on any atom is 0.135 e. The third-order valence-electron chi connectivity index (χ3n) is 1.59. The van der Waals surface area contributed by atoms with Gasteiger partial charge in [-0.05, 0) is 0 Å². The van der Waals surface area contributed by atoms with Gasteiger partial charge in [0.05, 0.1) is 20.0 Å². The molecule has 0 heterocycles. The Hall–Kier alpha value is -0.360. The lowest BCUT2D eigenvalue weighted by molar-refractivity contribution is 0.651. The van der Waals surface area contributed by atoms with Crippen molar-refractivity contribution in [1.29, 1.82) is 0 Å². The molecule has 10 heteroatoms. The van der Waals surface area contributed by atoms with Crippen molar-refractivity contribution in [2.24, 2.45) is 5.73 Å². The van der Waals surface area contributed by atoms with Crippen molar-refractivity contribution in [2.75, 3.05) is 26.7 Å². The normalized spacial score (nSPS) is 9.39. The molecule has 7 N–H and O–H groups in total. The molecule has 0 aliphatic carbocycles. The molecule has 0 radical (unpaired) electrons. The van der Waals surface area contributed by atoms with Crippen LogP contribution in [0.5, 0.6) is 0 Å². The molecule has 0 unspecified atom stereocenters. The molecule has 0 bridgehead atoms. The second-order valence-corrected chi connectivity index (χ2v) is 4.40. The van der Waals surface area contributed by atoms with E-state index in [1.165, 1.54) is 5.37 Å². The van der Waals surface area contributed by atoms with Gasteiger partial charge in [0.25, 0.3) is 0 Å². The highest BCUT2D eigenvalue weighted by atomic mass is 32.1. The quantitative estimate of drug-likeness (QED) is 0.184. The molecule has 0 amide bonds. The van der Waals surface area contributed by atoms with Crippen LogP contribution in [0.1, 0.15) is 0 Å². The van der Waals surface area contributed by atoms with E-state index >= 15 is 0 Å². The Kier molecular flexibility index (Phi) is 11.5. The summed E-state index contributed by atoms with van der Waals surface area (Å²) < 4.78 is 0. The minimum Gasteiger partial charge on any atom is -0.363 e. The van der Waals surface area contributed by atoms with Gasteiger partial charge in [0.2, 0.25) is 0 Å². The van der Waals surface area contributed by atoms with E-state index in [2.05, 4.69) is 38.8 Å². The predicted octanol–water partition coefficient (Wildman–Crippen LogP) is -1.29. The van der Waals surface area contributed by atoms with Crippen LogP contribution in [0.2, 0.25) is 0 Å². The zero-order chi connectivity index (χ0) is 13.8. The summed E-state index contributed by atoms with van der Waals surface area (Å²) in [6.07, 6.45) is 0. The summed E-state index contributed by atoms with van der Waals surface area (Å²) >= 11 is 19.6. The Bertz CT molecular complexity index is 308. The van der Waals surface area contributed by atoms with Gasteiger partial charge in [0.15, 0.2) is 0 Å². The van der Waals surface area contributed by atoms with Gasteiger partial charge in [-0.2, -0.15) is 0 Å². The van der Waals surface area contributed by atoms with Crippen molar-refractivity contribution < 1.29 is 0 Å². The Morgan fingerprint density at radius 1 is 0.889 bits per heavy atom. The molecule has 0 aliphatic heterocycles. The average molecular weight is 325 g/mol. The molecule has 18 heavy (non-hydrogen) atoms. The van der Waals surface area contributed by atoms with Crippen molar-refractivity contribution in [3.05, 3.63) is 0 Å². The molecule has 0 aromatic carbocycles. The highest BCUT2D eigenvalue weighted by molar-refractivity contribution is 7.89. The van der Waals surface area contributed by atoms with Gasteiger partial charge in [0.1, 0.15) is 15.0 Å². The lowest BCUT2D eigenvalue weighted by Gasteiger charge is -2.12. The van der Waals surface area contributed by atoms with Crippen LogP contribution < -0.4 is 32.3 Å². The van der Waals surface area contributed by atoms with Crippen LogP contribution in [0.4, 0.5) is 0 Å². The SMILES string of the molecule is NCNCNC(=S)C(=S)NCNCNC(=S)C=S. The lowest BCUT2D eigenvalue weighted by atomic mass is 10.6. The maximum absolute atomic E-state index is 5.26. The van der Waals surface area contributed by atoms with Crippen LogP contribution in [0, 0.1) is 0 Å². The molecule has 102 valence electrons. The molecular formula is C8H16N6S4. The zero-order valence-corrected chi connectivity index (χ0v) is 12.9. The van der Waals surface area contributed by atoms with E-state index in [9.17, 15) is 0 Å². The fraction of sp³-hybridized carbons (Fsp3) is 0.500. The summed E-state index contributed by atoms with van der Waals surface area (Å²) in [5.41, 5.74) is 5.26. The minimum atomic E-state index is 0.378. The summed E-state index contributed by atoms with van der Waals surface area (Å²) in [6.45, 7) is 1.83. The fourth-order valence-corrected chi connectivity index (χ4v) is 1.22. The first kappa shape index (κ1) is 17.6. The van der Waals surface area contributed by atoms with Crippen molar-refractivity contribution >= 4 is 69.2 Å². The number of rotatable bonds is 8. The van der Waals surface area contributed by atoms with Crippen molar-refractivity contribution in [2.45, 2.75) is 0 Å². The predicted molar refractivity (Wildman–Crippen MR) is 90.8 cm³/mol. The summed E-state index contributed by atoms with van der Waals surface area (Å²) in [4.78, 5) is 1.45. The molecular weight excluding hydrogens is 308 g/mol. The summed E-state index contributed by atoms with van der Waals surface area (Å²) in [6, 6.07) is 0. The van der Waals surface area contributed by atoms with Crippen LogP contribution >= 0.6 is 48.9 Å². The van der Waals surface area contributed by atoms with Crippen LogP contribution in [-0.4, -0.2) is 47.0 Å². The third-order valence-corrected chi connectivity index (χ3v) is 3.07. The number of nitrogens with two attached hydrogens (primary N) is 1. The van der Waals surface area contributed by atoms with Gasteiger partial charge in [-0.3, -0.25) is 10.6 Å². The van der Waals surface area contributed by atoms with Gasteiger partial charge < -0.3 is 21.7 Å². The van der Waals surface area contributed by atoms with Gasteiger partial charge in [0, 0.05) is 12.0 Å². The van der Waals surface area contributed by atoms with E-state index in [0.29, 0.717) is 41.6 Å². The van der Waals surface area contributed by atoms with Crippen molar-refractivity contribution in [3.8, 4) is 0 Å². The van der Waals surface area contributed by atoms with Gasteiger partial charge in [-0.1, -0.05) is 48.9 Å². The molecule has 0 aromatic rings. The lowest BCUT2D eigenvalue weighted by Crippen LogP contribution is -2.46. The van der Waals surface area contributed by atoms with E-state index < -0.39 is 0 Å². The Morgan fingerprint density at radius 3 is 1.89 bits per heavy atom. The van der Waals surface area contributed by atoms with E-state index in [0.717, 1.165) is 0 Å². The van der Waals surface area contributed by atoms with E-state index in [-0.39, 0.29) is 0 Å². The van der Waals surface area contributed by atoms with Crippen molar-refractivity contribution in [3.63, 3.8) is 0 Å².